The van der Waals surface area contributed by atoms with Crippen molar-refractivity contribution in [3.8, 4) is 0 Å². The summed E-state index contributed by atoms with van der Waals surface area (Å²) in [6.07, 6.45) is 4.34. The van der Waals surface area contributed by atoms with Gasteiger partial charge in [-0.15, -0.1) is 0 Å². The van der Waals surface area contributed by atoms with Crippen LogP contribution in [0.4, 0.5) is 4.79 Å². The summed E-state index contributed by atoms with van der Waals surface area (Å²) < 4.78 is 5.49. The van der Waals surface area contributed by atoms with E-state index in [0.717, 1.165) is 48.8 Å². The maximum Gasteiger partial charge on any atom is 0.408 e. The zero-order valence-electron chi connectivity index (χ0n) is 24.4. The van der Waals surface area contributed by atoms with Gasteiger partial charge in [-0.3, -0.25) is 9.59 Å². The summed E-state index contributed by atoms with van der Waals surface area (Å²) in [6.45, 7) is 17.5. The van der Waals surface area contributed by atoms with Crippen molar-refractivity contribution >= 4 is 17.9 Å². The van der Waals surface area contributed by atoms with Crippen LogP contribution in [0.2, 0.25) is 0 Å². The molecule has 0 aromatic heterocycles. The molecule has 0 saturated heterocycles. The van der Waals surface area contributed by atoms with Crippen LogP contribution in [0.1, 0.15) is 110 Å². The van der Waals surface area contributed by atoms with Crippen molar-refractivity contribution in [2.75, 3.05) is 0 Å². The van der Waals surface area contributed by atoms with Crippen molar-refractivity contribution < 1.29 is 19.1 Å². The first kappa shape index (κ1) is 30.7. The van der Waals surface area contributed by atoms with Gasteiger partial charge in [-0.1, -0.05) is 51.0 Å². The minimum atomic E-state index is -0.788. The van der Waals surface area contributed by atoms with Crippen LogP contribution in [0.3, 0.4) is 0 Å². The van der Waals surface area contributed by atoms with Crippen molar-refractivity contribution in [3.63, 3.8) is 0 Å². The van der Waals surface area contributed by atoms with E-state index in [4.69, 9.17) is 4.74 Å². The lowest BCUT2D eigenvalue weighted by Crippen LogP contribution is -2.58. The Kier molecular flexibility index (Phi) is 11.0. The number of ether oxygens (including phenoxy) is 1. The van der Waals surface area contributed by atoms with Gasteiger partial charge in [0.2, 0.25) is 11.8 Å². The number of rotatable bonds is 11. The summed E-state index contributed by atoms with van der Waals surface area (Å²) in [4.78, 5) is 42.7. The van der Waals surface area contributed by atoms with E-state index in [1.807, 2.05) is 52.8 Å². The standard InChI is InChI=1S/C30H49N3O4/c1-10-12-22(6)31-27(34)26(24-18-20(4)15-16-21(24)5)33(23-13-11-14-23)28(35)25(17-19(2)3)32-29(36)37-30(7,8)9/h15-16,18-19,22-23,25-26H,10-14,17H2,1-9H3,(H,31,34)(H,32,36). The Morgan fingerprint density at radius 1 is 1.08 bits per heavy atom. The fourth-order valence-corrected chi connectivity index (χ4v) is 4.80. The van der Waals surface area contributed by atoms with Gasteiger partial charge in [0, 0.05) is 12.1 Å². The van der Waals surface area contributed by atoms with Crippen LogP contribution >= 0.6 is 0 Å². The first-order valence-corrected chi connectivity index (χ1v) is 13.9. The molecule has 3 unspecified atom stereocenters. The molecule has 0 spiro atoms. The van der Waals surface area contributed by atoms with E-state index in [2.05, 4.69) is 17.6 Å². The normalized spacial score (nSPS) is 16.4. The van der Waals surface area contributed by atoms with Crippen LogP contribution in [0.5, 0.6) is 0 Å². The molecule has 0 heterocycles. The molecular formula is C30H49N3O4. The molecule has 3 amide bonds. The quantitative estimate of drug-likeness (QED) is 0.380. The Balaban J connectivity index is 2.54. The van der Waals surface area contributed by atoms with Gasteiger partial charge in [0.15, 0.2) is 0 Å². The number of alkyl carbamates (subject to hydrolysis) is 1. The molecule has 1 aliphatic rings. The van der Waals surface area contributed by atoms with E-state index in [0.29, 0.717) is 6.42 Å². The van der Waals surface area contributed by atoms with E-state index < -0.39 is 23.8 Å². The fraction of sp³-hybridized carbons (Fsp3) is 0.700. The van der Waals surface area contributed by atoms with Crippen molar-refractivity contribution in [2.45, 2.75) is 131 Å². The van der Waals surface area contributed by atoms with E-state index in [-0.39, 0.29) is 29.8 Å². The predicted molar refractivity (Wildman–Crippen MR) is 148 cm³/mol. The molecule has 1 fully saturated rings. The average Bonchev–Trinajstić information content (AvgIpc) is 2.71. The second-order valence-electron chi connectivity index (χ2n) is 12.1. The molecule has 0 aliphatic heterocycles. The molecule has 3 atom stereocenters. The smallest absolute Gasteiger partial charge is 0.408 e. The molecule has 1 aliphatic carbocycles. The Morgan fingerprint density at radius 2 is 1.73 bits per heavy atom. The highest BCUT2D eigenvalue weighted by molar-refractivity contribution is 5.92. The van der Waals surface area contributed by atoms with Gasteiger partial charge in [-0.05, 0) is 90.7 Å². The summed E-state index contributed by atoms with van der Waals surface area (Å²) in [5, 5.41) is 6.01. The van der Waals surface area contributed by atoms with Crippen LogP contribution in [0.25, 0.3) is 0 Å². The minimum Gasteiger partial charge on any atom is -0.444 e. The van der Waals surface area contributed by atoms with E-state index in [9.17, 15) is 14.4 Å². The van der Waals surface area contributed by atoms with Gasteiger partial charge in [0.1, 0.15) is 17.7 Å². The molecule has 0 radical (unpaired) electrons. The molecule has 7 heteroatoms. The van der Waals surface area contributed by atoms with Crippen LogP contribution < -0.4 is 10.6 Å². The highest BCUT2D eigenvalue weighted by atomic mass is 16.6. The highest BCUT2D eigenvalue weighted by Crippen LogP contribution is 2.35. The predicted octanol–water partition coefficient (Wildman–Crippen LogP) is 5.97. The van der Waals surface area contributed by atoms with Crippen molar-refractivity contribution in [1.82, 2.24) is 15.5 Å². The zero-order valence-corrected chi connectivity index (χ0v) is 24.4. The van der Waals surface area contributed by atoms with E-state index >= 15 is 0 Å². The van der Waals surface area contributed by atoms with E-state index in [1.165, 1.54) is 0 Å². The highest BCUT2D eigenvalue weighted by Gasteiger charge is 2.42. The van der Waals surface area contributed by atoms with Gasteiger partial charge in [-0.2, -0.15) is 0 Å². The van der Waals surface area contributed by atoms with Crippen LogP contribution in [0, 0.1) is 19.8 Å². The first-order chi connectivity index (χ1) is 17.2. The molecule has 1 aromatic rings. The summed E-state index contributed by atoms with van der Waals surface area (Å²) in [6, 6.07) is 4.43. The van der Waals surface area contributed by atoms with Gasteiger partial charge in [-0.25, -0.2) is 4.79 Å². The average molecular weight is 516 g/mol. The third kappa shape index (κ3) is 9.04. The topological polar surface area (TPSA) is 87.7 Å². The van der Waals surface area contributed by atoms with Crippen molar-refractivity contribution in [3.05, 3.63) is 34.9 Å². The van der Waals surface area contributed by atoms with Crippen LogP contribution in [-0.2, 0) is 14.3 Å². The fourth-order valence-electron chi connectivity index (χ4n) is 4.80. The molecule has 1 aromatic carbocycles. The Morgan fingerprint density at radius 3 is 2.24 bits per heavy atom. The molecule has 2 N–H and O–H groups in total. The third-order valence-corrected chi connectivity index (χ3v) is 6.78. The molecule has 7 nitrogen and oxygen atoms in total. The number of hydrogen-bond acceptors (Lipinski definition) is 4. The molecule has 37 heavy (non-hydrogen) atoms. The summed E-state index contributed by atoms with van der Waals surface area (Å²) in [5.74, 6) is -0.242. The number of hydrogen-bond donors (Lipinski definition) is 2. The third-order valence-electron chi connectivity index (χ3n) is 6.78. The second kappa shape index (κ2) is 13.3. The second-order valence-corrected chi connectivity index (χ2v) is 12.1. The monoisotopic (exact) mass is 515 g/mol. The first-order valence-electron chi connectivity index (χ1n) is 13.9. The largest absolute Gasteiger partial charge is 0.444 e. The Hall–Kier alpha value is -2.57. The van der Waals surface area contributed by atoms with Crippen LogP contribution in [0.15, 0.2) is 18.2 Å². The Bertz CT molecular complexity index is 933. The lowest BCUT2D eigenvalue weighted by Gasteiger charge is -2.44. The molecule has 0 bridgehead atoms. The number of aryl methyl sites for hydroxylation is 2. The van der Waals surface area contributed by atoms with Crippen molar-refractivity contribution in [2.24, 2.45) is 5.92 Å². The molecule has 2 rings (SSSR count). The number of amides is 3. The Labute approximate surface area is 224 Å². The van der Waals surface area contributed by atoms with Crippen molar-refractivity contribution in [1.29, 1.82) is 0 Å². The van der Waals surface area contributed by atoms with Gasteiger partial charge in [0.25, 0.3) is 0 Å². The van der Waals surface area contributed by atoms with Gasteiger partial charge in [0.05, 0.1) is 0 Å². The summed E-state index contributed by atoms with van der Waals surface area (Å²) >= 11 is 0. The number of benzene rings is 1. The zero-order chi connectivity index (χ0) is 27.9. The molecule has 1 saturated carbocycles. The lowest BCUT2D eigenvalue weighted by molar-refractivity contribution is -0.148. The van der Waals surface area contributed by atoms with Gasteiger partial charge >= 0.3 is 6.09 Å². The summed E-state index contributed by atoms with van der Waals surface area (Å²) in [5.41, 5.74) is 2.15. The molecule has 208 valence electrons. The summed E-state index contributed by atoms with van der Waals surface area (Å²) in [7, 11) is 0. The maximum atomic E-state index is 14.3. The number of nitrogens with one attached hydrogen (secondary N) is 2. The lowest BCUT2D eigenvalue weighted by atomic mass is 9.86. The van der Waals surface area contributed by atoms with Crippen LogP contribution in [-0.4, -0.2) is 46.5 Å². The SMILES string of the molecule is CCCC(C)NC(=O)C(c1cc(C)ccc1C)N(C(=O)C(CC(C)C)NC(=O)OC(C)(C)C)C1CCC1. The molecular weight excluding hydrogens is 466 g/mol. The number of carbonyl (C=O) groups excluding carboxylic acids is 3. The maximum absolute atomic E-state index is 14.3. The minimum absolute atomic E-state index is 0.00481. The number of carbonyl (C=O) groups is 3. The number of nitrogens with zero attached hydrogens (tertiary/aromatic N) is 1. The van der Waals surface area contributed by atoms with E-state index in [1.54, 1.807) is 25.7 Å². The van der Waals surface area contributed by atoms with Gasteiger partial charge < -0.3 is 20.3 Å².